The summed E-state index contributed by atoms with van der Waals surface area (Å²) < 4.78 is 2.09. The Labute approximate surface area is 112 Å². The molecule has 3 nitrogen and oxygen atoms in total. The molecule has 2 heterocycles. The van der Waals surface area contributed by atoms with Crippen molar-refractivity contribution in [1.82, 2.24) is 14.9 Å². The van der Waals surface area contributed by atoms with E-state index in [2.05, 4.69) is 27.0 Å². The van der Waals surface area contributed by atoms with Gasteiger partial charge in [-0.2, -0.15) is 0 Å². The maximum absolute atomic E-state index is 6.33. The highest BCUT2D eigenvalue weighted by molar-refractivity contribution is 6.32. The first-order valence-corrected chi connectivity index (χ1v) is 6.65. The molecule has 0 aliphatic carbocycles. The molecule has 0 radical (unpaired) electrons. The largest absolute Gasteiger partial charge is 0.309 e. The van der Waals surface area contributed by atoms with Crippen LogP contribution in [-0.2, 0) is 0 Å². The van der Waals surface area contributed by atoms with Gasteiger partial charge in [-0.25, -0.2) is 4.98 Å². The zero-order chi connectivity index (χ0) is 12.5. The summed E-state index contributed by atoms with van der Waals surface area (Å²) in [6, 6.07) is 6.51. The molecule has 3 rings (SSSR count). The molecule has 1 aliphatic rings. The van der Waals surface area contributed by atoms with Crippen LogP contribution < -0.4 is 5.32 Å². The number of rotatable bonds is 2. The topological polar surface area (TPSA) is 29.9 Å². The van der Waals surface area contributed by atoms with Gasteiger partial charge in [0.2, 0.25) is 0 Å². The number of hydrogen-bond acceptors (Lipinski definition) is 2. The molecule has 0 amide bonds. The number of imidazole rings is 1. The van der Waals surface area contributed by atoms with Gasteiger partial charge < -0.3 is 9.88 Å². The third-order valence-electron chi connectivity index (χ3n) is 3.45. The van der Waals surface area contributed by atoms with Crippen LogP contribution in [0.25, 0.3) is 5.69 Å². The average Bonchev–Trinajstić information content (AvgIpc) is 2.98. The fourth-order valence-corrected chi connectivity index (χ4v) is 2.83. The van der Waals surface area contributed by atoms with Gasteiger partial charge in [0.1, 0.15) is 0 Å². The van der Waals surface area contributed by atoms with E-state index in [1.54, 1.807) is 0 Å². The lowest BCUT2D eigenvalue weighted by Crippen LogP contribution is -2.16. The summed E-state index contributed by atoms with van der Waals surface area (Å²) in [5, 5.41) is 4.27. The van der Waals surface area contributed by atoms with Gasteiger partial charge in [-0.05, 0) is 44.0 Å². The molecule has 1 aromatic carbocycles. The number of hydrogen-bond donors (Lipinski definition) is 1. The molecule has 1 unspecified atom stereocenters. The van der Waals surface area contributed by atoms with Crippen molar-refractivity contribution in [3.8, 4) is 5.69 Å². The summed E-state index contributed by atoms with van der Waals surface area (Å²) in [6.07, 6.45) is 6.15. The highest BCUT2D eigenvalue weighted by Crippen LogP contribution is 2.28. The number of nitrogens with zero attached hydrogens (tertiary/aromatic N) is 2. The van der Waals surface area contributed by atoms with Gasteiger partial charge >= 0.3 is 0 Å². The minimum atomic E-state index is 0.393. The minimum absolute atomic E-state index is 0.393. The lowest BCUT2D eigenvalue weighted by Gasteiger charge is -2.15. The van der Waals surface area contributed by atoms with Gasteiger partial charge in [-0.1, -0.05) is 17.7 Å². The Balaban J connectivity index is 2.03. The molecule has 94 valence electrons. The number of benzene rings is 1. The first-order chi connectivity index (χ1) is 8.75. The zero-order valence-corrected chi connectivity index (χ0v) is 11.1. The molecular weight excluding hydrogens is 246 g/mol. The first kappa shape index (κ1) is 11.8. The third kappa shape index (κ3) is 2.04. The summed E-state index contributed by atoms with van der Waals surface area (Å²) in [5.74, 6) is 0. The maximum Gasteiger partial charge on any atom is 0.0995 e. The molecule has 1 aromatic heterocycles. The molecule has 0 spiro atoms. The van der Waals surface area contributed by atoms with Gasteiger partial charge in [-0.15, -0.1) is 0 Å². The van der Waals surface area contributed by atoms with Crippen LogP contribution >= 0.6 is 11.6 Å². The Morgan fingerprint density at radius 2 is 2.33 bits per heavy atom. The summed E-state index contributed by atoms with van der Waals surface area (Å²) in [5.41, 5.74) is 3.37. The van der Waals surface area contributed by atoms with E-state index in [4.69, 9.17) is 11.6 Å². The highest BCUT2D eigenvalue weighted by Gasteiger charge is 2.20. The molecule has 1 aliphatic heterocycles. The molecule has 1 saturated heterocycles. The molecule has 2 aromatic rings. The van der Waals surface area contributed by atoms with E-state index in [-0.39, 0.29) is 0 Å². The van der Waals surface area contributed by atoms with Crippen molar-refractivity contribution in [2.75, 3.05) is 6.54 Å². The van der Waals surface area contributed by atoms with Crippen molar-refractivity contribution in [3.63, 3.8) is 0 Å². The second-order valence-electron chi connectivity index (χ2n) is 4.79. The standard InChI is InChI=1S/C14H16ClN3/c1-10-4-5-13(11(15)7-10)18-9-16-8-14(18)12-3-2-6-17-12/h4-5,7-9,12,17H,2-3,6H2,1H3. The Hall–Kier alpha value is -1.32. The molecule has 0 bridgehead atoms. The van der Waals surface area contributed by atoms with Crippen LogP contribution in [0.15, 0.2) is 30.7 Å². The van der Waals surface area contributed by atoms with Crippen LogP contribution in [-0.4, -0.2) is 16.1 Å². The van der Waals surface area contributed by atoms with Gasteiger partial charge in [0.25, 0.3) is 0 Å². The van der Waals surface area contributed by atoms with Gasteiger partial charge in [0.05, 0.1) is 28.9 Å². The smallest absolute Gasteiger partial charge is 0.0995 e. The van der Waals surface area contributed by atoms with E-state index in [0.29, 0.717) is 6.04 Å². The molecule has 1 atom stereocenters. The Morgan fingerprint density at radius 1 is 1.44 bits per heavy atom. The SMILES string of the molecule is Cc1ccc(-n2cncc2C2CCCN2)c(Cl)c1. The number of aryl methyl sites for hydroxylation is 1. The van der Waals surface area contributed by atoms with Crippen LogP contribution in [0.1, 0.15) is 30.1 Å². The predicted molar refractivity (Wildman–Crippen MR) is 73.3 cm³/mol. The molecular formula is C14H16ClN3. The molecule has 18 heavy (non-hydrogen) atoms. The van der Waals surface area contributed by atoms with E-state index in [0.717, 1.165) is 23.7 Å². The molecule has 4 heteroatoms. The fraction of sp³-hybridized carbons (Fsp3) is 0.357. The van der Waals surface area contributed by atoms with E-state index in [1.807, 2.05) is 25.5 Å². The second-order valence-corrected chi connectivity index (χ2v) is 5.20. The molecule has 0 saturated carbocycles. The second kappa shape index (κ2) is 4.75. The van der Waals surface area contributed by atoms with Crippen LogP contribution in [0.5, 0.6) is 0 Å². The zero-order valence-electron chi connectivity index (χ0n) is 10.4. The van der Waals surface area contributed by atoms with E-state index in [1.165, 1.54) is 17.7 Å². The number of halogens is 1. The van der Waals surface area contributed by atoms with Gasteiger partial charge in [-0.3, -0.25) is 0 Å². The predicted octanol–water partition coefficient (Wildman–Crippen LogP) is 3.26. The van der Waals surface area contributed by atoms with Crippen LogP contribution in [0.4, 0.5) is 0 Å². The first-order valence-electron chi connectivity index (χ1n) is 6.28. The Morgan fingerprint density at radius 3 is 3.06 bits per heavy atom. The van der Waals surface area contributed by atoms with E-state index in [9.17, 15) is 0 Å². The highest BCUT2D eigenvalue weighted by atomic mass is 35.5. The van der Waals surface area contributed by atoms with Crippen molar-refractivity contribution >= 4 is 11.6 Å². The number of nitrogens with one attached hydrogen (secondary N) is 1. The quantitative estimate of drug-likeness (QED) is 0.899. The van der Waals surface area contributed by atoms with Crippen molar-refractivity contribution in [1.29, 1.82) is 0 Å². The van der Waals surface area contributed by atoms with Crippen LogP contribution in [0.2, 0.25) is 5.02 Å². The minimum Gasteiger partial charge on any atom is -0.309 e. The normalized spacial score (nSPS) is 19.3. The summed E-state index contributed by atoms with van der Waals surface area (Å²) in [6.45, 7) is 3.13. The van der Waals surface area contributed by atoms with Gasteiger partial charge in [0.15, 0.2) is 0 Å². The van der Waals surface area contributed by atoms with Crippen molar-refractivity contribution in [3.05, 3.63) is 47.0 Å². The van der Waals surface area contributed by atoms with E-state index < -0.39 is 0 Å². The van der Waals surface area contributed by atoms with Gasteiger partial charge in [0, 0.05) is 6.04 Å². The lowest BCUT2D eigenvalue weighted by molar-refractivity contribution is 0.615. The van der Waals surface area contributed by atoms with Crippen LogP contribution in [0, 0.1) is 6.92 Å². The van der Waals surface area contributed by atoms with Crippen molar-refractivity contribution in [2.45, 2.75) is 25.8 Å². The van der Waals surface area contributed by atoms with Crippen molar-refractivity contribution in [2.24, 2.45) is 0 Å². The molecule has 1 fully saturated rings. The Bertz CT molecular complexity index is 556. The fourth-order valence-electron chi connectivity index (χ4n) is 2.51. The average molecular weight is 262 g/mol. The Kier molecular flexibility index (Phi) is 3.10. The van der Waals surface area contributed by atoms with Crippen LogP contribution in [0.3, 0.4) is 0 Å². The lowest BCUT2D eigenvalue weighted by atomic mass is 10.1. The number of aromatic nitrogens is 2. The summed E-state index contributed by atoms with van der Waals surface area (Å²) >= 11 is 6.33. The third-order valence-corrected chi connectivity index (χ3v) is 3.75. The summed E-state index contributed by atoms with van der Waals surface area (Å²) in [7, 11) is 0. The molecule has 1 N–H and O–H groups in total. The summed E-state index contributed by atoms with van der Waals surface area (Å²) in [4.78, 5) is 4.27. The van der Waals surface area contributed by atoms with Crippen molar-refractivity contribution < 1.29 is 0 Å². The monoisotopic (exact) mass is 261 g/mol. The van der Waals surface area contributed by atoms with E-state index >= 15 is 0 Å². The maximum atomic E-state index is 6.33.